The summed E-state index contributed by atoms with van der Waals surface area (Å²) in [5, 5.41) is 4.09. The molecule has 0 fully saturated rings. The number of imidazole rings is 1. The fraction of sp³-hybridized carbons (Fsp3) is 0.400. The van der Waals surface area contributed by atoms with E-state index >= 15 is 0 Å². The van der Waals surface area contributed by atoms with E-state index in [9.17, 15) is 0 Å². The highest BCUT2D eigenvalue weighted by Crippen LogP contribution is 2.23. The van der Waals surface area contributed by atoms with Crippen molar-refractivity contribution in [3.63, 3.8) is 0 Å². The van der Waals surface area contributed by atoms with Crippen molar-refractivity contribution < 1.29 is 4.74 Å². The van der Waals surface area contributed by atoms with Crippen LogP contribution in [0.15, 0.2) is 36.7 Å². The molecule has 2 aromatic rings. The van der Waals surface area contributed by atoms with Gasteiger partial charge in [-0.15, -0.1) is 0 Å². The average molecular weight is 294 g/mol. The molecule has 0 amide bonds. The van der Waals surface area contributed by atoms with Gasteiger partial charge in [0.2, 0.25) is 5.95 Å². The van der Waals surface area contributed by atoms with Crippen LogP contribution in [0.4, 0.5) is 5.95 Å². The second kappa shape index (κ2) is 7.31. The minimum atomic E-state index is 0.182. The number of benzene rings is 1. The fourth-order valence-corrected chi connectivity index (χ4v) is 2.30. The summed E-state index contributed by atoms with van der Waals surface area (Å²) in [6.07, 6.45) is 4.73. The Labute approximate surface area is 124 Å². The van der Waals surface area contributed by atoms with Crippen molar-refractivity contribution in [3.05, 3.63) is 47.2 Å². The molecule has 2 rings (SSSR count). The lowest BCUT2D eigenvalue weighted by atomic mass is 10.1. The third kappa shape index (κ3) is 3.74. The van der Waals surface area contributed by atoms with E-state index in [0.717, 1.165) is 36.1 Å². The van der Waals surface area contributed by atoms with Crippen molar-refractivity contribution in [2.75, 3.05) is 25.6 Å². The van der Waals surface area contributed by atoms with Gasteiger partial charge < -0.3 is 14.6 Å². The van der Waals surface area contributed by atoms with Crippen LogP contribution >= 0.6 is 11.6 Å². The molecule has 108 valence electrons. The topological polar surface area (TPSA) is 39.1 Å². The van der Waals surface area contributed by atoms with Gasteiger partial charge in [0.25, 0.3) is 0 Å². The molecule has 5 heteroatoms. The molecular formula is C15H20ClN3O. The Morgan fingerprint density at radius 1 is 1.45 bits per heavy atom. The van der Waals surface area contributed by atoms with Crippen molar-refractivity contribution in [3.8, 4) is 0 Å². The Morgan fingerprint density at radius 2 is 2.30 bits per heavy atom. The Hall–Kier alpha value is -1.52. The molecule has 0 aliphatic carbocycles. The third-order valence-electron chi connectivity index (χ3n) is 3.23. The van der Waals surface area contributed by atoms with E-state index in [1.165, 1.54) is 0 Å². The van der Waals surface area contributed by atoms with Crippen LogP contribution in [-0.4, -0.2) is 29.8 Å². The molecular weight excluding hydrogens is 274 g/mol. The van der Waals surface area contributed by atoms with Gasteiger partial charge in [-0.2, -0.15) is 0 Å². The second-order valence-electron chi connectivity index (χ2n) is 4.66. The van der Waals surface area contributed by atoms with Gasteiger partial charge in [-0.1, -0.05) is 23.7 Å². The quantitative estimate of drug-likeness (QED) is 0.793. The van der Waals surface area contributed by atoms with E-state index in [1.54, 1.807) is 13.3 Å². The number of aromatic nitrogens is 2. The maximum absolute atomic E-state index is 6.05. The van der Waals surface area contributed by atoms with E-state index in [-0.39, 0.29) is 6.04 Å². The molecule has 0 saturated carbocycles. The summed E-state index contributed by atoms with van der Waals surface area (Å²) < 4.78 is 7.15. The number of nitrogens with zero attached hydrogens (tertiary/aromatic N) is 2. The van der Waals surface area contributed by atoms with Gasteiger partial charge in [0.15, 0.2) is 0 Å². The number of hydrogen-bond acceptors (Lipinski definition) is 3. The number of rotatable bonds is 7. The van der Waals surface area contributed by atoms with E-state index in [0.29, 0.717) is 0 Å². The zero-order chi connectivity index (χ0) is 14.4. The molecule has 1 heterocycles. The van der Waals surface area contributed by atoms with Crippen LogP contribution in [0.3, 0.4) is 0 Å². The van der Waals surface area contributed by atoms with Gasteiger partial charge >= 0.3 is 0 Å². The molecule has 0 aliphatic heterocycles. The van der Waals surface area contributed by atoms with Crippen LogP contribution in [0.5, 0.6) is 0 Å². The zero-order valence-corrected chi connectivity index (χ0v) is 12.6. The predicted octanol–water partition coefficient (Wildman–Crippen LogP) is 3.59. The van der Waals surface area contributed by atoms with E-state index in [2.05, 4.69) is 27.9 Å². The largest absolute Gasteiger partial charge is 0.385 e. The summed E-state index contributed by atoms with van der Waals surface area (Å²) >= 11 is 6.05. The first-order chi connectivity index (χ1) is 9.72. The molecule has 0 saturated heterocycles. The SMILES string of the molecule is COCCCNc1nccn1C(C)c1cccc(Cl)c1. The molecule has 0 aliphatic rings. The molecule has 1 aromatic heterocycles. The molecule has 0 bridgehead atoms. The van der Waals surface area contributed by atoms with Gasteiger partial charge in [-0.25, -0.2) is 4.98 Å². The number of halogens is 1. The smallest absolute Gasteiger partial charge is 0.203 e. The van der Waals surface area contributed by atoms with Crippen LogP contribution in [0.25, 0.3) is 0 Å². The number of hydrogen-bond donors (Lipinski definition) is 1. The van der Waals surface area contributed by atoms with E-state index in [4.69, 9.17) is 16.3 Å². The van der Waals surface area contributed by atoms with Crippen LogP contribution < -0.4 is 5.32 Å². The molecule has 0 spiro atoms. The molecule has 20 heavy (non-hydrogen) atoms. The van der Waals surface area contributed by atoms with Crippen molar-refractivity contribution >= 4 is 17.5 Å². The summed E-state index contributed by atoms with van der Waals surface area (Å²) in [5.74, 6) is 0.869. The van der Waals surface area contributed by atoms with Crippen molar-refractivity contribution in [2.24, 2.45) is 0 Å². The number of ether oxygens (including phenoxy) is 1. The van der Waals surface area contributed by atoms with Gasteiger partial charge in [0, 0.05) is 37.7 Å². The minimum Gasteiger partial charge on any atom is -0.385 e. The molecule has 1 aromatic carbocycles. The third-order valence-corrected chi connectivity index (χ3v) is 3.46. The highest BCUT2D eigenvalue weighted by molar-refractivity contribution is 6.30. The van der Waals surface area contributed by atoms with Gasteiger partial charge in [0.1, 0.15) is 0 Å². The lowest BCUT2D eigenvalue weighted by molar-refractivity contribution is 0.197. The Balaban J connectivity index is 2.07. The maximum atomic E-state index is 6.05. The monoisotopic (exact) mass is 293 g/mol. The second-order valence-corrected chi connectivity index (χ2v) is 5.10. The lowest BCUT2D eigenvalue weighted by Crippen LogP contribution is -2.13. The van der Waals surface area contributed by atoms with Gasteiger partial charge in [0.05, 0.1) is 6.04 Å². The van der Waals surface area contributed by atoms with Gasteiger partial charge in [-0.3, -0.25) is 0 Å². The summed E-state index contributed by atoms with van der Waals surface area (Å²) in [4.78, 5) is 4.36. The van der Waals surface area contributed by atoms with Crippen molar-refractivity contribution in [1.82, 2.24) is 9.55 Å². The highest BCUT2D eigenvalue weighted by Gasteiger charge is 2.12. The van der Waals surface area contributed by atoms with Crippen molar-refractivity contribution in [1.29, 1.82) is 0 Å². The minimum absolute atomic E-state index is 0.182. The number of anilines is 1. The maximum Gasteiger partial charge on any atom is 0.203 e. The van der Waals surface area contributed by atoms with Crippen molar-refractivity contribution in [2.45, 2.75) is 19.4 Å². The fourth-order valence-electron chi connectivity index (χ4n) is 2.11. The van der Waals surface area contributed by atoms with E-state index in [1.807, 2.05) is 24.4 Å². The Kier molecular flexibility index (Phi) is 5.44. The van der Waals surface area contributed by atoms with Crippen LogP contribution in [0, 0.1) is 0 Å². The first-order valence-corrected chi connectivity index (χ1v) is 7.11. The first kappa shape index (κ1) is 14.9. The molecule has 0 radical (unpaired) electrons. The summed E-state index contributed by atoms with van der Waals surface area (Å²) in [5.41, 5.74) is 1.16. The molecule has 1 unspecified atom stereocenters. The molecule has 1 atom stereocenters. The summed E-state index contributed by atoms with van der Waals surface area (Å²) in [6.45, 7) is 3.72. The molecule has 1 N–H and O–H groups in total. The normalized spacial score (nSPS) is 12.3. The Morgan fingerprint density at radius 3 is 3.05 bits per heavy atom. The zero-order valence-electron chi connectivity index (χ0n) is 11.8. The van der Waals surface area contributed by atoms with E-state index < -0.39 is 0 Å². The lowest BCUT2D eigenvalue weighted by Gasteiger charge is -2.17. The number of methoxy groups -OCH3 is 1. The van der Waals surface area contributed by atoms with Crippen LogP contribution in [-0.2, 0) is 4.74 Å². The van der Waals surface area contributed by atoms with Crippen LogP contribution in [0.1, 0.15) is 24.9 Å². The first-order valence-electron chi connectivity index (χ1n) is 6.73. The summed E-state index contributed by atoms with van der Waals surface area (Å²) in [7, 11) is 1.71. The number of nitrogens with one attached hydrogen (secondary N) is 1. The highest BCUT2D eigenvalue weighted by atomic mass is 35.5. The van der Waals surface area contributed by atoms with Gasteiger partial charge in [-0.05, 0) is 31.0 Å². The standard InChI is InChI=1S/C15H20ClN3O/c1-12(13-5-3-6-14(16)11-13)19-9-8-18-15(19)17-7-4-10-20-2/h3,5-6,8-9,11-12H,4,7,10H2,1-2H3,(H,17,18). The molecule has 4 nitrogen and oxygen atoms in total. The average Bonchev–Trinajstić information content (AvgIpc) is 2.91. The van der Waals surface area contributed by atoms with Crippen LogP contribution in [0.2, 0.25) is 5.02 Å². The summed E-state index contributed by atoms with van der Waals surface area (Å²) in [6, 6.07) is 8.10. The Bertz CT molecular complexity index is 541. The predicted molar refractivity (Wildman–Crippen MR) is 82.5 cm³/mol.